The largest absolute Gasteiger partial charge is 0.329 e. The molecule has 1 aromatic rings. The van der Waals surface area contributed by atoms with Crippen LogP contribution in [-0.2, 0) is 25.7 Å². The van der Waals surface area contributed by atoms with Crippen LogP contribution >= 0.6 is 11.8 Å². The summed E-state index contributed by atoms with van der Waals surface area (Å²) in [5, 5.41) is 2.81. The number of amides is 1. The van der Waals surface area contributed by atoms with E-state index in [-0.39, 0.29) is 35.3 Å². The molecular weight excluding hydrogens is 484 g/mol. The lowest BCUT2D eigenvalue weighted by Crippen LogP contribution is -2.40. The maximum Gasteiger partial charge on any atom is 0.220 e. The molecule has 1 amide bonds. The summed E-state index contributed by atoms with van der Waals surface area (Å²) in [5.41, 5.74) is 1.08. The Labute approximate surface area is 233 Å². The maximum absolute atomic E-state index is 11.7. The van der Waals surface area contributed by atoms with Crippen molar-refractivity contribution in [3.63, 3.8) is 0 Å². The molecule has 218 valence electrons. The van der Waals surface area contributed by atoms with Gasteiger partial charge in [0.2, 0.25) is 5.91 Å². The molecule has 0 spiro atoms. The average Bonchev–Trinajstić information content (AvgIpc) is 2.83. The van der Waals surface area contributed by atoms with Gasteiger partial charge in [0.25, 0.3) is 0 Å². The van der Waals surface area contributed by atoms with Gasteiger partial charge in [-0.05, 0) is 66.5 Å². The van der Waals surface area contributed by atoms with E-state index in [0.29, 0.717) is 6.54 Å². The first-order valence-corrected chi connectivity index (χ1v) is 14.5. The second-order valence-electron chi connectivity index (χ2n) is 8.19. The Morgan fingerprint density at radius 1 is 0.838 bits per heavy atom. The minimum atomic E-state index is -0.377. The van der Waals surface area contributed by atoms with Crippen LogP contribution in [0.15, 0.2) is 29.2 Å². The number of nitrogens with zero attached hydrogens (tertiary/aromatic N) is 1. The van der Waals surface area contributed by atoms with E-state index in [2.05, 4.69) is 33.0 Å². The first kappa shape index (κ1) is 45.0. The average molecular weight is 543 g/mol. The van der Waals surface area contributed by atoms with Crippen LogP contribution in [0, 0.1) is 0 Å². The Kier molecular flexibility index (Phi) is 38.9. The van der Waals surface area contributed by atoms with E-state index in [1.165, 1.54) is 40.5 Å². The predicted octanol–water partition coefficient (Wildman–Crippen LogP) is 7.37. The van der Waals surface area contributed by atoms with Gasteiger partial charge in [-0.25, -0.2) is 0 Å². The number of carbonyl (C=O) groups is 4. The number of likely N-dealkylation sites (N-methyl/N-ethyl adjacent to an activating group) is 1. The number of nitrogens with one attached hydrogen (secondary N) is 1. The van der Waals surface area contributed by atoms with Gasteiger partial charge in [0.05, 0.1) is 12.1 Å². The van der Waals surface area contributed by atoms with Crippen LogP contribution in [0.1, 0.15) is 108 Å². The van der Waals surface area contributed by atoms with E-state index in [4.69, 9.17) is 0 Å². The quantitative estimate of drug-likeness (QED) is 0.362. The van der Waals surface area contributed by atoms with Crippen molar-refractivity contribution in [2.75, 3.05) is 13.3 Å². The number of benzene rings is 1. The number of Topliss-reactive ketones (excluding diaryl/α,β-unsaturated/α-hetero) is 3. The molecule has 0 aliphatic rings. The second-order valence-corrected chi connectivity index (χ2v) is 9.04. The van der Waals surface area contributed by atoms with Gasteiger partial charge in [0.1, 0.15) is 11.6 Å². The smallest absolute Gasteiger partial charge is 0.220 e. The molecule has 0 bridgehead atoms. The molecule has 37 heavy (non-hydrogen) atoms. The van der Waals surface area contributed by atoms with E-state index < -0.39 is 0 Å². The lowest BCUT2D eigenvalue weighted by molar-refractivity contribution is -0.137. The molecule has 2 atom stereocenters. The van der Waals surface area contributed by atoms with Crippen molar-refractivity contribution in [3.8, 4) is 0 Å². The van der Waals surface area contributed by atoms with Crippen molar-refractivity contribution in [2.24, 2.45) is 0 Å². The van der Waals surface area contributed by atoms with Crippen molar-refractivity contribution in [2.45, 2.75) is 126 Å². The molecule has 0 radical (unpaired) electrons. The normalized spacial score (nSPS) is 10.2. The van der Waals surface area contributed by atoms with Gasteiger partial charge in [-0.1, -0.05) is 72.6 Å². The summed E-state index contributed by atoms with van der Waals surface area (Å²) in [4.78, 5) is 45.6. The van der Waals surface area contributed by atoms with Crippen LogP contribution in [0.2, 0.25) is 0 Å². The first-order chi connectivity index (χ1) is 17.2. The summed E-state index contributed by atoms with van der Waals surface area (Å²) >= 11 is 1.65. The van der Waals surface area contributed by atoms with E-state index in [9.17, 15) is 19.2 Å². The molecule has 7 heteroatoms. The number of carbonyl (C=O) groups excluding carboxylic acids is 4. The SMILES string of the molecule is CC.CC(C)=O.CCC.CCC.CNC(C)C(C)=O.CSc1ccccc1CN(C(C)=O)C(C)C(C)=O. The molecule has 0 saturated carbocycles. The zero-order chi connectivity index (χ0) is 30.6. The van der Waals surface area contributed by atoms with Gasteiger partial charge < -0.3 is 15.0 Å². The second kappa shape index (κ2) is 32.0. The number of thioether (sulfide) groups is 1. The standard InChI is InChI=1S/C14H19NO2S.C5H11NO.C3H6O.2C3H8.C2H6/c1-10(11(2)16)15(12(3)17)9-13-7-5-6-8-14(13)18-4;1-4(6-3)5(2)7;1-3(2)4;2*1-3-2;1-2/h5-8,10H,9H2,1-4H3;4,6H,1-3H3;1-2H3;2*3H2,1-2H3;1-2H3. The monoisotopic (exact) mass is 542 g/mol. The van der Waals surface area contributed by atoms with Gasteiger partial charge in [-0.3, -0.25) is 14.4 Å². The Balaban J connectivity index is -0.000000148. The van der Waals surface area contributed by atoms with Crippen LogP contribution < -0.4 is 5.32 Å². The first-order valence-electron chi connectivity index (χ1n) is 13.3. The van der Waals surface area contributed by atoms with E-state index in [1.54, 1.807) is 37.6 Å². The molecule has 1 N–H and O–H groups in total. The van der Waals surface area contributed by atoms with Crippen LogP contribution in [0.5, 0.6) is 0 Å². The summed E-state index contributed by atoms with van der Waals surface area (Å²) in [7, 11) is 1.77. The summed E-state index contributed by atoms with van der Waals surface area (Å²) in [6.07, 6.45) is 4.51. The summed E-state index contributed by atoms with van der Waals surface area (Å²) in [6, 6.07) is 7.58. The van der Waals surface area contributed by atoms with Crippen LogP contribution in [0.3, 0.4) is 0 Å². The fourth-order valence-corrected chi connectivity index (χ4v) is 2.57. The molecule has 6 nitrogen and oxygen atoms in total. The number of hydrogen-bond acceptors (Lipinski definition) is 6. The number of ketones is 3. The molecule has 1 rings (SSSR count). The molecule has 0 aliphatic carbocycles. The third-order valence-corrected chi connectivity index (χ3v) is 4.87. The molecule has 0 aromatic heterocycles. The van der Waals surface area contributed by atoms with Gasteiger partial charge in [-0.2, -0.15) is 0 Å². The molecule has 1 aromatic carbocycles. The zero-order valence-corrected chi connectivity index (χ0v) is 27.4. The highest BCUT2D eigenvalue weighted by Crippen LogP contribution is 2.22. The summed E-state index contributed by atoms with van der Waals surface area (Å²) in [6.45, 7) is 24.2. The lowest BCUT2D eigenvalue weighted by Gasteiger charge is -2.27. The lowest BCUT2D eigenvalue weighted by atomic mass is 10.1. The van der Waals surface area contributed by atoms with Crippen LogP contribution in [-0.4, -0.2) is 53.5 Å². The van der Waals surface area contributed by atoms with Gasteiger partial charge in [-0.15, -0.1) is 11.8 Å². The molecule has 0 aliphatic heterocycles. The maximum atomic E-state index is 11.7. The highest BCUT2D eigenvalue weighted by molar-refractivity contribution is 7.98. The third kappa shape index (κ3) is 32.0. The van der Waals surface area contributed by atoms with Gasteiger partial charge in [0, 0.05) is 18.4 Å². The van der Waals surface area contributed by atoms with Crippen LogP contribution in [0.4, 0.5) is 0 Å². The minimum absolute atomic E-state index is 0.00633. The molecule has 0 saturated heterocycles. The van der Waals surface area contributed by atoms with Gasteiger partial charge >= 0.3 is 0 Å². The van der Waals surface area contributed by atoms with Crippen LogP contribution in [0.25, 0.3) is 0 Å². The van der Waals surface area contributed by atoms with E-state index >= 15 is 0 Å². The van der Waals surface area contributed by atoms with Crippen molar-refractivity contribution >= 4 is 35.0 Å². The Bertz CT molecular complexity index is 703. The highest BCUT2D eigenvalue weighted by Gasteiger charge is 2.21. The summed E-state index contributed by atoms with van der Waals surface area (Å²) in [5.74, 6) is 0.280. The number of rotatable bonds is 7. The van der Waals surface area contributed by atoms with Crippen molar-refractivity contribution < 1.29 is 19.2 Å². The van der Waals surface area contributed by atoms with E-state index in [1.807, 2.05) is 51.3 Å². The molecule has 2 unspecified atom stereocenters. The molecule has 0 heterocycles. The number of hydrogen-bond donors (Lipinski definition) is 1. The van der Waals surface area contributed by atoms with E-state index in [0.717, 1.165) is 10.5 Å². The Morgan fingerprint density at radius 3 is 1.46 bits per heavy atom. The summed E-state index contributed by atoms with van der Waals surface area (Å²) < 4.78 is 0. The van der Waals surface area contributed by atoms with Crippen molar-refractivity contribution in [1.82, 2.24) is 10.2 Å². The molecule has 0 fully saturated rings. The fraction of sp³-hybridized carbons (Fsp3) is 0.667. The van der Waals surface area contributed by atoms with Crippen molar-refractivity contribution in [1.29, 1.82) is 0 Å². The highest BCUT2D eigenvalue weighted by atomic mass is 32.2. The van der Waals surface area contributed by atoms with Gasteiger partial charge in [0.15, 0.2) is 5.78 Å². The molecular formula is C30H58N2O4S. The fourth-order valence-electron chi connectivity index (χ4n) is 1.96. The Morgan fingerprint density at radius 2 is 1.22 bits per heavy atom. The third-order valence-electron chi connectivity index (χ3n) is 4.04. The Hall–Kier alpha value is -1.99. The minimum Gasteiger partial charge on any atom is -0.329 e. The topological polar surface area (TPSA) is 83.6 Å². The zero-order valence-electron chi connectivity index (χ0n) is 26.6. The predicted molar refractivity (Wildman–Crippen MR) is 163 cm³/mol. The van der Waals surface area contributed by atoms with Crippen molar-refractivity contribution in [3.05, 3.63) is 29.8 Å².